The number of rotatable bonds is 5. The van der Waals surface area contributed by atoms with E-state index in [9.17, 15) is 18.5 Å². The van der Waals surface area contributed by atoms with Crippen molar-refractivity contribution in [2.45, 2.75) is 18.4 Å². The van der Waals surface area contributed by atoms with E-state index in [0.717, 1.165) is 16.3 Å². The van der Waals surface area contributed by atoms with Crippen LogP contribution in [0.3, 0.4) is 0 Å². The number of fused-ring (bicyclic) bond motifs is 3. The third-order valence-corrected chi connectivity index (χ3v) is 3.80. The highest BCUT2D eigenvalue weighted by atomic mass is 19.3. The number of hydrogen-bond acceptors (Lipinski definition) is 3. The van der Waals surface area contributed by atoms with Gasteiger partial charge in [-0.3, -0.25) is 0 Å². The highest BCUT2D eigenvalue weighted by molar-refractivity contribution is 6.07. The normalized spacial score (nSPS) is 13.3. The van der Waals surface area contributed by atoms with Crippen LogP contribution < -0.4 is 0 Å². The van der Waals surface area contributed by atoms with E-state index in [1.165, 1.54) is 6.07 Å². The van der Waals surface area contributed by atoms with Crippen molar-refractivity contribution in [3.05, 3.63) is 52.9 Å². The number of H-pyrrole nitrogens is 1. The molecule has 0 bridgehead atoms. The fourth-order valence-corrected chi connectivity index (χ4v) is 2.63. The van der Waals surface area contributed by atoms with Crippen LogP contribution in [-0.4, -0.2) is 22.0 Å². The van der Waals surface area contributed by atoms with E-state index >= 15 is 0 Å². The number of carboxylic acids is 1. The van der Waals surface area contributed by atoms with E-state index in [1.54, 1.807) is 12.1 Å². The fraction of sp³-hybridized carbons (Fsp3) is 0.188. The minimum absolute atomic E-state index is 0.250. The summed E-state index contributed by atoms with van der Waals surface area (Å²) in [7, 11) is 0. The Labute approximate surface area is 128 Å². The molecule has 3 aromatic rings. The average Bonchev–Trinajstić information content (AvgIpc) is 2.90. The summed E-state index contributed by atoms with van der Waals surface area (Å²) in [6.07, 6.45) is -1.17. The van der Waals surface area contributed by atoms with E-state index in [1.807, 2.05) is 24.3 Å². The monoisotopic (exact) mass is 318 g/mol. The van der Waals surface area contributed by atoms with E-state index in [0.29, 0.717) is 5.52 Å². The molecule has 0 saturated carbocycles. The summed E-state index contributed by atoms with van der Waals surface area (Å²) in [4.78, 5) is 24.6. The number of carboxylic acid groups (broad SMARTS) is 1. The fourth-order valence-electron chi connectivity index (χ4n) is 2.63. The van der Waals surface area contributed by atoms with Crippen molar-refractivity contribution in [3.8, 4) is 0 Å². The molecule has 3 rings (SSSR count). The van der Waals surface area contributed by atoms with Gasteiger partial charge in [-0.15, -0.1) is 0 Å². The Bertz CT molecular complexity index is 905. The number of aromatic amines is 1. The molecule has 7 heteroatoms. The highest BCUT2D eigenvalue weighted by Crippen LogP contribution is 2.34. The van der Waals surface area contributed by atoms with Crippen LogP contribution in [0.4, 0.5) is 8.78 Å². The van der Waals surface area contributed by atoms with Gasteiger partial charge in [-0.1, -0.05) is 35.5 Å². The van der Waals surface area contributed by atoms with Crippen LogP contribution in [0, 0.1) is 4.91 Å². The highest BCUT2D eigenvalue weighted by Gasteiger charge is 2.42. The van der Waals surface area contributed by atoms with Crippen molar-refractivity contribution in [3.63, 3.8) is 0 Å². The topological polar surface area (TPSA) is 82.5 Å². The molecule has 1 heterocycles. The number of para-hydroxylation sites is 1. The second kappa shape index (κ2) is 5.42. The molecule has 0 aliphatic carbocycles. The van der Waals surface area contributed by atoms with Crippen molar-refractivity contribution in [2.75, 3.05) is 0 Å². The zero-order valence-corrected chi connectivity index (χ0v) is 11.8. The molecule has 0 fully saturated rings. The van der Waals surface area contributed by atoms with E-state index in [2.05, 4.69) is 10.2 Å². The Morgan fingerprint density at radius 2 is 1.87 bits per heavy atom. The third-order valence-electron chi connectivity index (χ3n) is 3.80. The molecule has 23 heavy (non-hydrogen) atoms. The van der Waals surface area contributed by atoms with Crippen LogP contribution in [0.1, 0.15) is 18.0 Å². The Balaban J connectivity index is 2.03. The van der Waals surface area contributed by atoms with Crippen molar-refractivity contribution in [2.24, 2.45) is 5.18 Å². The Kier molecular flexibility index (Phi) is 3.55. The predicted molar refractivity (Wildman–Crippen MR) is 81.5 cm³/mol. The van der Waals surface area contributed by atoms with Gasteiger partial charge in [0, 0.05) is 21.8 Å². The predicted octanol–water partition coefficient (Wildman–Crippen LogP) is 4.24. The van der Waals surface area contributed by atoms with Gasteiger partial charge in [0.1, 0.15) is 6.04 Å². The van der Waals surface area contributed by atoms with Gasteiger partial charge in [0.25, 0.3) is 0 Å². The van der Waals surface area contributed by atoms with Gasteiger partial charge in [0.2, 0.25) is 0 Å². The molecule has 1 aromatic heterocycles. The molecule has 118 valence electrons. The molecule has 0 spiro atoms. The first-order valence-electron chi connectivity index (χ1n) is 6.86. The van der Waals surface area contributed by atoms with Gasteiger partial charge >= 0.3 is 11.9 Å². The van der Waals surface area contributed by atoms with Crippen LogP contribution >= 0.6 is 0 Å². The summed E-state index contributed by atoms with van der Waals surface area (Å²) in [5.41, 5.74) is 1.81. The molecule has 0 radical (unpaired) electrons. The number of benzene rings is 2. The lowest BCUT2D eigenvalue weighted by Gasteiger charge is -2.15. The Morgan fingerprint density at radius 3 is 2.57 bits per heavy atom. The largest absolute Gasteiger partial charge is 0.477 e. The zero-order valence-electron chi connectivity index (χ0n) is 11.8. The number of nitrogens with zero attached hydrogens (tertiary/aromatic N) is 1. The summed E-state index contributed by atoms with van der Waals surface area (Å²) in [5.74, 6) is -6.27. The first-order chi connectivity index (χ1) is 10.9. The van der Waals surface area contributed by atoms with Gasteiger partial charge < -0.3 is 10.1 Å². The SMILES string of the molecule is O=NC(CC(F)(F)C(=O)O)c1ccc2c(c1)[nH]c1ccccc12. The van der Waals surface area contributed by atoms with Gasteiger partial charge in [0.05, 0.1) is 6.42 Å². The van der Waals surface area contributed by atoms with Crippen LogP contribution in [-0.2, 0) is 4.79 Å². The Morgan fingerprint density at radius 1 is 1.17 bits per heavy atom. The zero-order chi connectivity index (χ0) is 16.6. The van der Waals surface area contributed by atoms with Crippen molar-refractivity contribution >= 4 is 27.8 Å². The number of nitrogens with one attached hydrogen (secondary N) is 1. The molecule has 2 N–H and O–H groups in total. The van der Waals surface area contributed by atoms with Gasteiger partial charge in [-0.2, -0.15) is 13.7 Å². The van der Waals surface area contributed by atoms with E-state index in [4.69, 9.17) is 5.11 Å². The second-order valence-electron chi connectivity index (χ2n) is 5.31. The minimum atomic E-state index is -4.01. The summed E-state index contributed by atoms with van der Waals surface area (Å²) in [6.45, 7) is 0. The smallest absolute Gasteiger partial charge is 0.374 e. The van der Waals surface area contributed by atoms with Crippen LogP contribution in [0.5, 0.6) is 0 Å². The van der Waals surface area contributed by atoms with Crippen molar-refractivity contribution in [1.29, 1.82) is 0 Å². The standard InChI is InChI=1S/C16H12F2N2O3/c17-16(18,15(21)22)8-14(20-23)9-5-6-11-10-3-1-2-4-12(10)19-13(11)7-9/h1-7,14,19H,8H2,(H,21,22). The molecule has 0 amide bonds. The number of carbonyl (C=O) groups is 1. The molecule has 0 aliphatic rings. The molecule has 0 aliphatic heterocycles. The first kappa shape index (κ1) is 15.1. The van der Waals surface area contributed by atoms with Crippen LogP contribution in [0.25, 0.3) is 21.8 Å². The van der Waals surface area contributed by atoms with Crippen LogP contribution in [0.15, 0.2) is 47.6 Å². The molecule has 0 saturated heterocycles. The summed E-state index contributed by atoms with van der Waals surface area (Å²) in [6, 6.07) is 10.9. The van der Waals surface area contributed by atoms with Crippen molar-refractivity contribution < 1.29 is 18.7 Å². The molecule has 2 aromatic carbocycles. The van der Waals surface area contributed by atoms with E-state index in [-0.39, 0.29) is 5.56 Å². The lowest BCUT2D eigenvalue weighted by atomic mass is 9.99. The maximum absolute atomic E-state index is 13.3. The maximum Gasteiger partial charge on any atom is 0.374 e. The number of aromatic nitrogens is 1. The lowest BCUT2D eigenvalue weighted by Crippen LogP contribution is -2.29. The number of halogens is 2. The molecule has 1 atom stereocenters. The summed E-state index contributed by atoms with van der Waals surface area (Å²) in [5, 5.41) is 13.0. The van der Waals surface area contributed by atoms with Crippen molar-refractivity contribution in [1.82, 2.24) is 4.98 Å². The molecule has 5 nitrogen and oxygen atoms in total. The summed E-state index contributed by atoms with van der Waals surface area (Å²) < 4.78 is 26.7. The molecular weight excluding hydrogens is 306 g/mol. The van der Waals surface area contributed by atoms with Gasteiger partial charge in [-0.05, 0) is 17.7 Å². The van der Waals surface area contributed by atoms with E-state index < -0.39 is 24.4 Å². The minimum Gasteiger partial charge on any atom is -0.477 e. The number of aliphatic carboxylic acids is 1. The van der Waals surface area contributed by atoms with Gasteiger partial charge in [0.15, 0.2) is 0 Å². The molecule has 1 unspecified atom stereocenters. The summed E-state index contributed by atoms with van der Waals surface area (Å²) >= 11 is 0. The number of alkyl halides is 2. The van der Waals surface area contributed by atoms with Gasteiger partial charge in [-0.25, -0.2) is 4.79 Å². The first-order valence-corrected chi connectivity index (χ1v) is 6.86. The average molecular weight is 318 g/mol. The third kappa shape index (κ3) is 2.65. The lowest BCUT2D eigenvalue weighted by molar-refractivity contribution is -0.166. The number of hydrogen-bond donors (Lipinski definition) is 2. The second-order valence-corrected chi connectivity index (χ2v) is 5.31. The molecular formula is C16H12F2N2O3. The van der Waals surface area contributed by atoms with Crippen LogP contribution in [0.2, 0.25) is 0 Å². The number of nitroso groups, excluding NO2 is 1. The Hall–Kier alpha value is -2.83. The quantitative estimate of drug-likeness (QED) is 0.690. The maximum atomic E-state index is 13.3.